The first kappa shape index (κ1) is 37.1. The van der Waals surface area contributed by atoms with Gasteiger partial charge in [-0.3, -0.25) is 5.40 Å². The predicted octanol–water partition coefficient (Wildman–Crippen LogP) is 10.5. The van der Waals surface area contributed by atoms with Crippen LogP contribution in [0.25, 0.3) is 0 Å². The molecule has 0 aliphatic carbocycles. The van der Waals surface area contributed by atoms with Crippen molar-refractivity contribution in [2.75, 3.05) is 13.2 Å². The fourth-order valence-electron chi connectivity index (χ4n) is 5.55. The van der Waals surface area contributed by atoms with Gasteiger partial charge in [0.1, 0.15) is 0 Å². The van der Waals surface area contributed by atoms with E-state index in [-0.39, 0.29) is 5.60 Å². The van der Waals surface area contributed by atoms with E-state index in [4.69, 9.17) is 18.7 Å². The van der Waals surface area contributed by atoms with Crippen molar-refractivity contribution in [1.82, 2.24) is 0 Å². The van der Waals surface area contributed by atoms with Gasteiger partial charge in [-0.15, -0.1) is 0 Å². The van der Waals surface area contributed by atoms with Crippen LogP contribution in [0.3, 0.4) is 0 Å². The summed E-state index contributed by atoms with van der Waals surface area (Å²) < 4.78 is 18.2. The maximum absolute atomic E-state index is 6.53. The van der Waals surface area contributed by atoms with Crippen LogP contribution in [0.2, 0.25) is 0 Å². The molecule has 0 bridgehead atoms. The molecule has 0 aromatic heterocycles. The highest BCUT2D eigenvalue weighted by Gasteiger charge is 2.45. The SMILES string of the molecule is CCCCCCCCCCCCC(CCCCCCCCCCCC)C(C)(C)O[Si](N)(OCC)OCC. The van der Waals surface area contributed by atoms with Crippen molar-refractivity contribution in [3.63, 3.8) is 0 Å². The highest BCUT2D eigenvalue weighted by Crippen LogP contribution is 2.33. The van der Waals surface area contributed by atoms with Crippen LogP contribution in [0.5, 0.6) is 0 Å². The molecule has 0 aromatic carbocycles. The smallest absolute Gasteiger partial charge is 0.361 e. The average molecular weight is 544 g/mol. The zero-order valence-corrected chi connectivity index (χ0v) is 27.4. The second-order valence-corrected chi connectivity index (χ2v) is 13.8. The summed E-state index contributed by atoms with van der Waals surface area (Å²) >= 11 is 0. The summed E-state index contributed by atoms with van der Waals surface area (Å²) in [6.45, 7) is 14.0. The van der Waals surface area contributed by atoms with Gasteiger partial charge in [0.05, 0.1) is 5.60 Å². The number of unbranched alkanes of at least 4 members (excludes halogenated alkanes) is 18. The van der Waals surface area contributed by atoms with Crippen molar-refractivity contribution in [3.05, 3.63) is 0 Å². The van der Waals surface area contributed by atoms with Crippen molar-refractivity contribution in [1.29, 1.82) is 0 Å². The van der Waals surface area contributed by atoms with Gasteiger partial charge < -0.3 is 13.3 Å². The Labute approximate surface area is 235 Å². The molecule has 0 fully saturated rings. The Bertz CT molecular complexity index is 445. The van der Waals surface area contributed by atoms with E-state index in [0.29, 0.717) is 19.1 Å². The Balaban J connectivity index is 4.55. The molecule has 0 amide bonds. The van der Waals surface area contributed by atoms with Gasteiger partial charge in [-0.1, -0.05) is 142 Å². The lowest BCUT2D eigenvalue weighted by molar-refractivity contribution is -0.0473. The molecule has 0 saturated heterocycles. The number of rotatable bonds is 29. The lowest BCUT2D eigenvalue weighted by Gasteiger charge is -2.40. The Morgan fingerprint density at radius 2 is 0.811 bits per heavy atom. The molecule has 37 heavy (non-hydrogen) atoms. The minimum absolute atomic E-state index is 0.329. The predicted molar refractivity (Wildman–Crippen MR) is 165 cm³/mol. The van der Waals surface area contributed by atoms with Gasteiger partial charge in [0.25, 0.3) is 0 Å². The zero-order valence-electron chi connectivity index (χ0n) is 26.4. The largest absolute Gasteiger partial charge is 0.594 e. The molecule has 0 spiro atoms. The Kier molecular flexibility index (Phi) is 25.1. The third kappa shape index (κ3) is 21.5. The average Bonchev–Trinajstić information content (AvgIpc) is 2.84. The van der Waals surface area contributed by atoms with Crippen LogP contribution in [-0.4, -0.2) is 27.8 Å². The minimum atomic E-state index is -3.11. The van der Waals surface area contributed by atoms with Crippen LogP contribution < -0.4 is 5.40 Å². The highest BCUT2D eigenvalue weighted by atomic mass is 28.4. The summed E-state index contributed by atoms with van der Waals surface area (Å²) in [7, 11) is -3.11. The first-order valence-electron chi connectivity index (χ1n) is 16.6. The fourth-order valence-corrected chi connectivity index (χ4v) is 7.45. The highest BCUT2D eigenvalue weighted by molar-refractivity contribution is 6.57. The fraction of sp³-hybridized carbons (Fsp3) is 1.00. The first-order valence-corrected chi connectivity index (χ1v) is 18.4. The van der Waals surface area contributed by atoms with Gasteiger partial charge in [-0.25, -0.2) is 0 Å². The van der Waals surface area contributed by atoms with E-state index in [1.807, 2.05) is 13.8 Å². The molecule has 0 rings (SSSR count). The Morgan fingerprint density at radius 1 is 0.514 bits per heavy atom. The van der Waals surface area contributed by atoms with E-state index in [1.165, 1.54) is 141 Å². The molecule has 5 heteroatoms. The van der Waals surface area contributed by atoms with Crippen molar-refractivity contribution in [2.45, 2.75) is 188 Å². The summed E-state index contributed by atoms with van der Waals surface area (Å²) in [5.41, 5.74) is -0.329. The van der Waals surface area contributed by atoms with Gasteiger partial charge in [0.15, 0.2) is 0 Å². The standard InChI is InChI=1S/C32H69NO3Si/c1-7-11-13-15-17-19-21-23-25-27-29-31(30-28-26-24-22-20-18-16-14-12-8-2)32(5,6)36-37(33,34-9-3)35-10-4/h31H,7-30,33H2,1-6H3. The maximum Gasteiger partial charge on any atom is 0.594 e. The lowest BCUT2D eigenvalue weighted by Crippen LogP contribution is -2.60. The second kappa shape index (κ2) is 25.1. The van der Waals surface area contributed by atoms with E-state index in [2.05, 4.69) is 27.7 Å². The van der Waals surface area contributed by atoms with Gasteiger partial charge in [0.2, 0.25) is 0 Å². The van der Waals surface area contributed by atoms with Crippen molar-refractivity contribution < 1.29 is 13.3 Å². The summed E-state index contributed by atoms with van der Waals surface area (Å²) in [6.07, 6.45) is 30.0. The molecule has 0 radical (unpaired) electrons. The molecule has 224 valence electrons. The minimum Gasteiger partial charge on any atom is -0.361 e. The number of nitrogens with two attached hydrogens (primary N) is 1. The van der Waals surface area contributed by atoms with E-state index in [0.717, 1.165) is 0 Å². The van der Waals surface area contributed by atoms with Crippen LogP contribution in [0.4, 0.5) is 0 Å². The first-order chi connectivity index (χ1) is 17.8. The number of hydrogen-bond donors (Lipinski definition) is 1. The summed E-state index contributed by atoms with van der Waals surface area (Å²) in [5.74, 6) is 0.493. The van der Waals surface area contributed by atoms with E-state index >= 15 is 0 Å². The molecule has 0 heterocycles. The van der Waals surface area contributed by atoms with Gasteiger partial charge in [-0.05, 0) is 46.5 Å². The molecule has 0 saturated carbocycles. The molecule has 0 atom stereocenters. The molecule has 0 aliphatic heterocycles. The monoisotopic (exact) mass is 544 g/mol. The van der Waals surface area contributed by atoms with Crippen LogP contribution in [0.1, 0.15) is 183 Å². The molecule has 2 N–H and O–H groups in total. The van der Waals surface area contributed by atoms with E-state index in [1.54, 1.807) is 0 Å². The van der Waals surface area contributed by atoms with Gasteiger partial charge >= 0.3 is 8.97 Å². The summed E-state index contributed by atoms with van der Waals surface area (Å²) in [4.78, 5) is 0. The molecule has 0 aromatic rings. The third-order valence-corrected chi connectivity index (χ3v) is 10.1. The molecule has 0 aliphatic rings. The van der Waals surface area contributed by atoms with E-state index in [9.17, 15) is 0 Å². The molecular weight excluding hydrogens is 474 g/mol. The lowest BCUT2D eigenvalue weighted by atomic mass is 9.82. The Morgan fingerprint density at radius 3 is 1.11 bits per heavy atom. The topological polar surface area (TPSA) is 53.7 Å². The maximum atomic E-state index is 6.53. The quantitative estimate of drug-likeness (QED) is 0.0753. The molecule has 4 nitrogen and oxygen atoms in total. The summed E-state index contributed by atoms with van der Waals surface area (Å²) in [6, 6.07) is 0. The zero-order chi connectivity index (χ0) is 27.7. The van der Waals surface area contributed by atoms with Crippen LogP contribution in [0, 0.1) is 5.92 Å². The van der Waals surface area contributed by atoms with Crippen LogP contribution in [-0.2, 0) is 13.3 Å². The summed E-state index contributed by atoms with van der Waals surface area (Å²) in [5, 5.41) is 6.52. The van der Waals surface area contributed by atoms with Gasteiger partial charge in [0, 0.05) is 13.2 Å². The van der Waals surface area contributed by atoms with E-state index < -0.39 is 8.97 Å². The third-order valence-electron chi connectivity index (χ3n) is 7.89. The normalized spacial score (nSPS) is 12.6. The van der Waals surface area contributed by atoms with Crippen molar-refractivity contribution >= 4 is 8.97 Å². The van der Waals surface area contributed by atoms with Gasteiger partial charge in [-0.2, -0.15) is 0 Å². The van der Waals surface area contributed by atoms with Crippen LogP contribution in [0.15, 0.2) is 0 Å². The number of hydrogen-bond acceptors (Lipinski definition) is 4. The van der Waals surface area contributed by atoms with Crippen molar-refractivity contribution in [2.24, 2.45) is 11.3 Å². The molecule has 0 unspecified atom stereocenters. The second-order valence-electron chi connectivity index (χ2n) is 11.8. The Hall–Kier alpha value is 0.0569. The molecular formula is C32H69NO3Si. The van der Waals surface area contributed by atoms with Crippen LogP contribution >= 0.6 is 0 Å². The van der Waals surface area contributed by atoms with Crippen molar-refractivity contribution in [3.8, 4) is 0 Å².